The summed E-state index contributed by atoms with van der Waals surface area (Å²) in [5.74, 6) is -0.698. The summed E-state index contributed by atoms with van der Waals surface area (Å²) in [6.45, 7) is 1.00. The average molecular weight is 388 g/mol. The second-order valence-electron chi connectivity index (χ2n) is 7.93. The van der Waals surface area contributed by atoms with Crippen LogP contribution in [0.2, 0.25) is 0 Å². The fraction of sp³-hybridized carbons (Fsp3) is 0.600. The van der Waals surface area contributed by atoms with Gasteiger partial charge in [0.1, 0.15) is 6.17 Å². The molecule has 8 heteroatoms. The minimum absolute atomic E-state index is 0.0217. The Morgan fingerprint density at radius 2 is 2.00 bits per heavy atom. The number of amides is 4. The molecule has 3 atom stereocenters. The number of hydrogen-bond acceptors (Lipinski definition) is 4. The molecule has 7 nitrogen and oxygen atoms in total. The van der Waals surface area contributed by atoms with Crippen LogP contribution in [0.15, 0.2) is 24.5 Å². The molecular formula is C20H25FN4O3. The van der Waals surface area contributed by atoms with Gasteiger partial charge in [0.25, 0.3) is 0 Å². The van der Waals surface area contributed by atoms with E-state index in [0.717, 1.165) is 5.56 Å². The van der Waals surface area contributed by atoms with Gasteiger partial charge in [0.2, 0.25) is 11.8 Å². The first-order chi connectivity index (χ1) is 13.5. The number of hydrogen-bond donors (Lipinski definition) is 1. The molecule has 3 aliphatic rings. The number of likely N-dealkylation sites (tertiary alicyclic amines) is 1. The number of nitrogens with one attached hydrogen (secondary N) is 1. The number of urea groups is 1. The number of halogens is 1. The lowest BCUT2D eigenvalue weighted by Crippen LogP contribution is -2.65. The van der Waals surface area contributed by atoms with Gasteiger partial charge in [-0.15, -0.1) is 0 Å². The number of carbonyl (C=O) groups excluding carboxylic acids is 3. The van der Waals surface area contributed by atoms with Crippen LogP contribution in [-0.2, 0) is 16.0 Å². The standard InChI is InChI=1S/C20H25FN4O3/c21-14-3-4-17-16(11-14)19(27)25(20(28)23-17)15-5-8-24(9-6-15)18(26)10-13-2-1-7-22-12-13/h1-2,7,12,14-17H,3-6,8-11H2,(H,23,28). The van der Waals surface area contributed by atoms with E-state index in [4.69, 9.17) is 0 Å². The van der Waals surface area contributed by atoms with Gasteiger partial charge < -0.3 is 10.2 Å². The van der Waals surface area contributed by atoms with Crippen molar-refractivity contribution in [2.24, 2.45) is 5.92 Å². The highest BCUT2D eigenvalue weighted by atomic mass is 19.1. The summed E-state index contributed by atoms with van der Waals surface area (Å²) in [6, 6.07) is 2.81. The number of rotatable bonds is 3. The monoisotopic (exact) mass is 388 g/mol. The molecule has 1 N–H and O–H groups in total. The van der Waals surface area contributed by atoms with Crippen LogP contribution >= 0.6 is 0 Å². The number of aromatic nitrogens is 1. The van der Waals surface area contributed by atoms with Crippen molar-refractivity contribution >= 4 is 17.8 Å². The Morgan fingerprint density at radius 1 is 1.21 bits per heavy atom. The predicted octanol–water partition coefficient (Wildman–Crippen LogP) is 1.67. The number of alkyl halides is 1. The topological polar surface area (TPSA) is 82.6 Å². The van der Waals surface area contributed by atoms with Gasteiger partial charge in [-0.25, -0.2) is 9.18 Å². The fourth-order valence-corrected chi connectivity index (χ4v) is 4.58. The summed E-state index contributed by atoms with van der Waals surface area (Å²) >= 11 is 0. The Balaban J connectivity index is 1.36. The normalized spacial score (nSPS) is 28.7. The van der Waals surface area contributed by atoms with Gasteiger partial charge in [0.05, 0.1) is 12.3 Å². The highest BCUT2D eigenvalue weighted by Crippen LogP contribution is 2.33. The highest BCUT2D eigenvalue weighted by Gasteiger charge is 2.47. The van der Waals surface area contributed by atoms with Crippen LogP contribution in [0, 0.1) is 5.92 Å². The van der Waals surface area contributed by atoms with Gasteiger partial charge >= 0.3 is 6.03 Å². The third-order valence-electron chi connectivity index (χ3n) is 6.13. The van der Waals surface area contributed by atoms with Crippen LogP contribution in [0.3, 0.4) is 0 Å². The quantitative estimate of drug-likeness (QED) is 0.854. The molecule has 1 saturated carbocycles. The molecule has 3 heterocycles. The van der Waals surface area contributed by atoms with E-state index < -0.39 is 12.1 Å². The zero-order chi connectivity index (χ0) is 19.7. The SMILES string of the molecule is O=C(Cc1cccnc1)N1CCC(N2C(=O)NC3CCC(F)CC3C2=O)CC1. The number of nitrogens with zero attached hydrogens (tertiary/aromatic N) is 3. The Morgan fingerprint density at radius 3 is 2.71 bits per heavy atom. The maximum absolute atomic E-state index is 13.8. The van der Waals surface area contributed by atoms with Crippen LogP contribution in [-0.4, -0.2) is 64.0 Å². The largest absolute Gasteiger partial charge is 0.342 e. The number of fused-ring (bicyclic) bond motifs is 1. The number of piperidine rings is 1. The molecule has 0 aromatic carbocycles. The summed E-state index contributed by atoms with van der Waals surface area (Å²) in [5.41, 5.74) is 0.865. The molecule has 4 rings (SSSR count). The zero-order valence-corrected chi connectivity index (χ0v) is 15.7. The fourth-order valence-electron chi connectivity index (χ4n) is 4.58. The van der Waals surface area contributed by atoms with E-state index in [-0.39, 0.29) is 36.3 Å². The average Bonchev–Trinajstić information content (AvgIpc) is 2.70. The molecule has 0 radical (unpaired) electrons. The minimum Gasteiger partial charge on any atom is -0.342 e. The van der Waals surface area contributed by atoms with Crippen molar-refractivity contribution in [3.8, 4) is 0 Å². The molecule has 4 amide bonds. The molecule has 2 saturated heterocycles. The van der Waals surface area contributed by atoms with Gasteiger partial charge in [-0.1, -0.05) is 6.07 Å². The molecule has 1 aromatic heterocycles. The predicted molar refractivity (Wildman–Crippen MR) is 98.9 cm³/mol. The smallest absolute Gasteiger partial charge is 0.324 e. The van der Waals surface area contributed by atoms with Gasteiger partial charge in [-0.2, -0.15) is 0 Å². The van der Waals surface area contributed by atoms with Crippen molar-refractivity contribution in [1.29, 1.82) is 0 Å². The van der Waals surface area contributed by atoms with E-state index in [1.807, 2.05) is 6.07 Å². The van der Waals surface area contributed by atoms with E-state index >= 15 is 0 Å². The zero-order valence-electron chi connectivity index (χ0n) is 15.7. The second-order valence-corrected chi connectivity index (χ2v) is 7.93. The summed E-state index contributed by atoms with van der Waals surface area (Å²) < 4.78 is 13.8. The van der Waals surface area contributed by atoms with Crippen LogP contribution < -0.4 is 5.32 Å². The summed E-state index contributed by atoms with van der Waals surface area (Å²) in [7, 11) is 0. The molecule has 3 fully saturated rings. The Labute approximate surface area is 163 Å². The lowest BCUT2D eigenvalue weighted by molar-refractivity contribution is -0.141. The summed E-state index contributed by atoms with van der Waals surface area (Å²) in [6.07, 6.45) is 4.86. The van der Waals surface area contributed by atoms with E-state index in [2.05, 4.69) is 10.3 Å². The lowest BCUT2D eigenvalue weighted by atomic mass is 9.80. The first kappa shape index (κ1) is 18.8. The van der Waals surface area contributed by atoms with Crippen LogP contribution in [0.5, 0.6) is 0 Å². The third kappa shape index (κ3) is 3.72. The summed E-state index contributed by atoms with van der Waals surface area (Å²) in [4.78, 5) is 45.0. The van der Waals surface area contributed by atoms with Gasteiger partial charge in [-0.3, -0.25) is 19.5 Å². The van der Waals surface area contributed by atoms with Crippen molar-refractivity contribution < 1.29 is 18.8 Å². The van der Waals surface area contributed by atoms with E-state index in [0.29, 0.717) is 45.2 Å². The lowest BCUT2D eigenvalue weighted by Gasteiger charge is -2.45. The Bertz CT molecular complexity index is 751. The molecular weight excluding hydrogens is 363 g/mol. The van der Waals surface area contributed by atoms with Gasteiger partial charge in [0, 0.05) is 37.6 Å². The van der Waals surface area contributed by atoms with Gasteiger partial charge in [0.15, 0.2) is 0 Å². The van der Waals surface area contributed by atoms with Crippen molar-refractivity contribution in [1.82, 2.24) is 20.1 Å². The first-order valence-corrected chi connectivity index (χ1v) is 9.97. The molecule has 150 valence electrons. The van der Waals surface area contributed by atoms with Crippen LogP contribution in [0.1, 0.15) is 37.7 Å². The Hall–Kier alpha value is -2.51. The molecule has 3 unspecified atom stereocenters. The van der Waals surface area contributed by atoms with Crippen molar-refractivity contribution in [2.45, 2.75) is 56.8 Å². The number of imide groups is 1. The molecule has 0 bridgehead atoms. The van der Waals surface area contributed by atoms with E-state index in [1.54, 1.807) is 23.4 Å². The first-order valence-electron chi connectivity index (χ1n) is 9.97. The Kier molecular flexibility index (Phi) is 5.28. The molecule has 1 aliphatic carbocycles. The minimum atomic E-state index is -0.978. The van der Waals surface area contributed by atoms with Crippen molar-refractivity contribution in [3.05, 3.63) is 30.1 Å². The maximum Gasteiger partial charge on any atom is 0.324 e. The molecule has 28 heavy (non-hydrogen) atoms. The van der Waals surface area contributed by atoms with Gasteiger partial charge in [-0.05, 0) is 43.7 Å². The van der Waals surface area contributed by atoms with Crippen molar-refractivity contribution in [3.63, 3.8) is 0 Å². The van der Waals surface area contributed by atoms with Crippen molar-refractivity contribution in [2.75, 3.05) is 13.1 Å². The van der Waals surface area contributed by atoms with Crippen LogP contribution in [0.25, 0.3) is 0 Å². The molecule has 1 aromatic rings. The number of pyridine rings is 1. The highest BCUT2D eigenvalue weighted by molar-refractivity contribution is 5.99. The number of carbonyl (C=O) groups is 3. The second kappa shape index (κ2) is 7.85. The van der Waals surface area contributed by atoms with E-state index in [9.17, 15) is 18.8 Å². The molecule has 0 spiro atoms. The van der Waals surface area contributed by atoms with E-state index in [1.165, 1.54) is 4.90 Å². The molecule has 2 aliphatic heterocycles. The third-order valence-corrected chi connectivity index (χ3v) is 6.13. The van der Waals surface area contributed by atoms with Crippen LogP contribution in [0.4, 0.5) is 9.18 Å². The summed E-state index contributed by atoms with van der Waals surface area (Å²) in [5, 5.41) is 2.90. The maximum atomic E-state index is 13.8.